The van der Waals surface area contributed by atoms with Crippen LogP contribution in [-0.4, -0.2) is 24.8 Å². The van der Waals surface area contributed by atoms with Gasteiger partial charge in [0.1, 0.15) is 0 Å². The molecule has 0 saturated heterocycles. The Bertz CT molecular complexity index is 584. The van der Waals surface area contributed by atoms with Gasteiger partial charge in [0.2, 0.25) is 0 Å². The van der Waals surface area contributed by atoms with E-state index in [0.717, 1.165) is 11.1 Å². The van der Waals surface area contributed by atoms with Gasteiger partial charge in [0, 0.05) is 13.7 Å². The number of carbonyl (C=O) groups is 1. The van der Waals surface area contributed by atoms with Crippen molar-refractivity contribution in [3.8, 4) is 0 Å². The topological polar surface area (TPSA) is 58.6 Å². The van der Waals surface area contributed by atoms with Crippen LogP contribution in [-0.2, 0) is 11.3 Å². The van der Waals surface area contributed by atoms with Gasteiger partial charge in [-0.2, -0.15) is 0 Å². The van der Waals surface area contributed by atoms with Crippen LogP contribution in [0.15, 0.2) is 54.6 Å². The lowest BCUT2D eigenvalue weighted by molar-refractivity contribution is 0.0696. The van der Waals surface area contributed by atoms with Gasteiger partial charge >= 0.3 is 5.97 Å². The van der Waals surface area contributed by atoms with Crippen LogP contribution in [0.3, 0.4) is 0 Å². The SMILES string of the molecule is COCC(NCc1cccc(C(=O)O)c1)c1ccccc1. The highest BCUT2D eigenvalue weighted by Gasteiger charge is 2.11. The lowest BCUT2D eigenvalue weighted by atomic mass is 10.1. The zero-order valence-electron chi connectivity index (χ0n) is 12.0. The molecule has 0 aliphatic heterocycles. The number of carboxylic acid groups (broad SMARTS) is 1. The second-order valence-electron chi connectivity index (χ2n) is 4.81. The third kappa shape index (κ3) is 4.41. The second kappa shape index (κ2) is 7.57. The zero-order valence-corrected chi connectivity index (χ0v) is 12.0. The number of ether oxygens (including phenoxy) is 1. The number of hydrogen-bond acceptors (Lipinski definition) is 3. The molecule has 0 aromatic heterocycles. The van der Waals surface area contributed by atoms with E-state index in [9.17, 15) is 4.79 Å². The van der Waals surface area contributed by atoms with Crippen molar-refractivity contribution in [3.63, 3.8) is 0 Å². The molecule has 2 aromatic carbocycles. The predicted octanol–water partition coefficient (Wildman–Crippen LogP) is 2.86. The maximum absolute atomic E-state index is 11.0. The summed E-state index contributed by atoms with van der Waals surface area (Å²) in [5.74, 6) is -0.909. The number of aromatic carboxylic acids is 1. The van der Waals surface area contributed by atoms with Gasteiger partial charge in [-0.1, -0.05) is 42.5 Å². The van der Waals surface area contributed by atoms with Crippen LogP contribution in [0.4, 0.5) is 0 Å². The molecule has 21 heavy (non-hydrogen) atoms. The number of methoxy groups -OCH3 is 1. The Morgan fingerprint density at radius 3 is 2.62 bits per heavy atom. The van der Waals surface area contributed by atoms with Gasteiger partial charge < -0.3 is 15.2 Å². The molecule has 0 aliphatic rings. The number of benzene rings is 2. The Labute approximate surface area is 124 Å². The Kier molecular flexibility index (Phi) is 5.49. The molecule has 0 spiro atoms. The summed E-state index contributed by atoms with van der Waals surface area (Å²) >= 11 is 0. The summed E-state index contributed by atoms with van der Waals surface area (Å²) in [7, 11) is 1.67. The zero-order chi connectivity index (χ0) is 15.1. The Morgan fingerprint density at radius 2 is 1.95 bits per heavy atom. The van der Waals surface area contributed by atoms with Gasteiger partial charge in [0.15, 0.2) is 0 Å². The van der Waals surface area contributed by atoms with E-state index in [4.69, 9.17) is 9.84 Å². The molecule has 0 aliphatic carbocycles. The third-order valence-electron chi connectivity index (χ3n) is 3.26. The summed E-state index contributed by atoms with van der Waals surface area (Å²) in [6.45, 7) is 1.15. The van der Waals surface area contributed by atoms with Crippen molar-refractivity contribution in [2.45, 2.75) is 12.6 Å². The van der Waals surface area contributed by atoms with Crippen molar-refractivity contribution in [1.82, 2.24) is 5.32 Å². The average molecular weight is 285 g/mol. The maximum Gasteiger partial charge on any atom is 0.335 e. The first-order chi connectivity index (χ1) is 10.2. The molecule has 0 radical (unpaired) electrons. The van der Waals surface area contributed by atoms with Crippen molar-refractivity contribution in [2.75, 3.05) is 13.7 Å². The fourth-order valence-corrected chi connectivity index (χ4v) is 2.18. The maximum atomic E-state index is 11.0. The van der Waals surface area contributed by atoms with E-state index in [1.807, 2.05) is 36.4 Å². The first-order valence-electron chi connectivity index (χ1n) is 6.80. The summed E-state index contributed by atoms with van der Waals surface area (Å²) in [5, 5.41) is 12.4. The molecule has 0 heterocycles. The molecule has 1 atom stereocenters. The molecule has 4 nitrogen and oxygen atoms in total. The van der Waals surface area contributed by atoms with Gasteiger partial charge in [0.25, 0.3) is 0 Å². The van der Waals surface area contributed by atoms with Crippen molar-refractivity contribution < 1.29 is 14.6 Å². The summed E-state index contributed by atoms with van der Waals surface area (Å²) in [5.41, 5.74) is 2.39. The van der Waals surface area contributed by atoms with Crippen LogP contribution < -0.4 is 5.32 Å². The Hall–Kier alpha value is -2.17. The van der Waals surface area contributed by atoms with Gasteiger partial charge in [-0.05, 0) is 23.3 Å². The van der Waals surface area contributed by atoms with Crippen LogP contribution in [0.1, 0.15) is 27.5 Å². The number of rotatable bonds is 7. The number of hydrogen-bond donors (Lipinski definition) is 2. The number of nitrogens with one attached hydrogen (secondary N) is 1. The molecule has 0 bridgehead atoms. The first-order valence-corrected chi connectivity index (χ1v) is 6.80. The molecule has 2 rings (SSSR count). The van der Waals surface area contributed by atoms with Gasteiger partial charge in [-0.3, -0.25) is 0 Å². The fourth-order valence-electron chi connectivity index (χ4n) is 2.18. The molecule has 4 heteroatoms. The normalized spacial score (nSPS) is 12.0. The van der Waals surface area contributed by atoms with Crippen molar-refractivity contribution in [2.24, 2.45) is 0 Å². The third-order valence-corrected chi connectivity index (χ3v) is 3.26. The molecular weight excluding hydrogens is 266 g/mol. The van der Waals surface area contributed by atoms with Gasteiger partial charge in [0.05, 0.1) is 18.2 Å². The van der Waals surface area contributed by atoms with E-state index in [1.54, 1.807) is 25.3 Å². The van der Waals surface area contributed by atoms with Crippen molar-refractivity contribution >= 4 is 5.97 Å². The molecule has 2 aromatic rings. The van der Waals surface area contributed by atoms with Crippen molar-refractivity contribution in [1.29, 1.82) is 0 Å². The minimum absolute atomic E-state index is 0.0738. The van der Waals surface area contributed by atoms with Crippen LogP contribution in [0, 0.1) is 0 Å². The second-order valence-corrected chi connectivity index (χ2v) is 4.81. The highest BCUT2D eigenvalue weighted by atomic mass is 16.5. The molecule has 2 N–H and O–H groups in total. The number of carboxylic acids is 1. The fraction of sp³-hybridized carbons (Fsp3) is 0.235. The minimum atomic E-state index is -0.909. The van der Waals surface area contributed by atoms with E-state index in [0.29, 0.717) is 18.7 Å². The average Bonchev–Trinajstić information content (AvgIpc) is 2.52. The summed E-state index contributed by atoms with van der Waals surface area (Å²) in [6, 6.07) is 17.1. The van der Waals surface area contributed by atoms with Crippen LogP contribution >= 0.6 is 0 Å². The van der Waals surface area contributed by atoms with E-state index >= 15 is 0 Å². The predicted molar refractivity (Wildman–Crippen MR) is 81.3 cm³/mol. The molecule has 110 valence electrons. The molecule has 0 saturated carbocycles. The lowest BCUT2D eigenvalue weighted by Gasteiger charge is -2.18. The largest absolute Gasteiger partial charge is 0.478 e. The Balaban J connectivity index is 2.05. The van der Waals surface area contributed by atoms with E-state index in [2.05, 4.69) is 5.32 Å². The standard InChI is InChI=1S/C17H19NO3/c1-21-12-16(14-7-3-2-4-8-14)18-11-13-6-5-9-15(10-13)17(19)20/h2-10,16,18H,11-12H2,1H3,(H,19,20). The Morgan fingerprint density at radius 1 is 1.19 bits per heavy atom. The molecule has 0 amide bonds. The van der Waals surface area contributed by atoms with Crippen LogP contribution in [0.25, 0.3) is 0 Å². The van der Waals surface area contributed by atoms with Crippen LogP contribution in [0.2, 0.25) is 0 Å². The van der Waals surface area contributed by atoms with E-state index in [1.165, 1.54) is 0 Å². The highest BCUT2D eigenvalue weighted by molar-refractivity contribution is 5.87. The minimum Gasteiger partial charge on any atom is -0.478 e. The van der Waals surface area contributed by atoms with Gasteiger partial charge in [-0.25, -0.2) is 4.79 Å². The summed E-state index contributed by atoms with van der Waals surface area (Å²) < 4.78 is 5.25. The van der Waals surface area contributed by atoms with Crippen LogP contribution in [0.5, 0.6) is 0 Å². The first kappa shape index (κ1) is 15.2. The lowest BCUT2D eigenvalue weighted by Crippen LogP contribution is -2.24. The highest BCUT2D eigenvalue weighted by Crippen LogP contribution is 2.14. The van der Waals surface area contributed by atoms with Gasteiger partial charge in [-0.15, -0.1) is 0 Å². The monoisotopic (exact) mass is 285 g/mol. The molecule has 0 fully saturated rings. The quantitative estimate of drug-likeness (QED) is 0.821. The smallest absolute Gasteiger partial charge is 0.335 e. The summed E-state index contributed by atoms with van der Waals surface area (Å²) in [4.78, 5) is 11.0. The molecule has 1 unspecified atom stereocenters. The van der Waals surface area contributed by atoms with E-state index < -0.39 is 5.97 Å². The van der Waals surface area contributed by atoms with E-state index in [-0.39, 0.29) is 6.04 Å². The van der Waals surface area contributed by atoms with Crippen molar-refractivity contribution in [3.05, 3.63) is 71.3 Å². The summed E-state index contributed by atoms with van der Waals surface area (Å²) in [6.07, 6.45) is 0. The molecular formula is C17H19NO3.